The number of nitrogens with zero attached hydrogens (tertiary/aromatic N) is 3. The predicted molar refractivity (Wildman–Crippen MR) is 116 cm³/mol. The summed E-state index contributed by atoms with van der Waals surface area (Å²) < 4.78 is 0.733. The lowest BCUT2D eigenvalue weighted by molar-refractivity contribution is -0.151. The second-order valence-electron chi connectivity index (χ2n) is 6.84. The Kier molecular flexibility index (Phi) is 6.32. The van der Waals surface area contributed by atoms with Gasteiger partial charge < -0.3 is 15.5 Å². The van der Waals surface area contributed by atoms with Crippen molar-refractivity contribution in [1.29, 1.82) is 0 Å². The number of hydrogen-bond donors (Lipinski definition) is 3. The highest BCUT2D eigenvalue weighted by atomic mass is 32.2. The fourth-order valence-corrected chi connectivity index (χ4v) is 6.60. The molecule has 4 rings (SSSR count). The molecule has 0 aliphatic carbocycles. The number of carbonyl (C=O) groups is 3. The molecule has 2 aliphatic heterocycles. The Balaban J connectivity index is 1.45. The summed E-state index contributed by atoms with van der Waals surface area (Å²) in [7, 11) is 0. The Morgan fingerprint density at radius 1 is 1.32 bits per heavy atom. The van der Waals surface area contributed by atoms with Gasteiger partial charge in [-0.2, -0.15) is 0 Å². The van der Waals surface area contributed by atoms with Gasteiger partial charge in [-0.05, 0) is 18.1 Å². The van der Waals surface area contributed by atoms with Gasteiger partial charge in [0.15, 0.2) is 10.4 Å². The fourth-order valence-electron chi connectivity index (χ4n) is 3.30. The van der Waals surface area contributed by atoms with Crippen LogP contribution in [-0.4, -0.2) is 66.0 Å². The zero-order valence-corrected chi connectivity index (χ0v) is 18.7. The lowest BCUT2D eigenvalue weighted by Crippen LogP contribution is -2.70. The first-order chi connectivity index (χ1) is 14.9. The molecule has 3 heterocycles. The number of aliphatic hydroxyl groups excluding tert-OH is 1. The first kappa shape index (κ1) is 21.8. The van der Waals surface area contributed by atoms with Crippen LogP contribution in [0.1, 0.15) is 16.7 Å². The van der Waals surface area contributed by atoms with Crippen LogP contribution >= 0.6 is 34.9 Å². The molecule has 9 nitrogen and oxygen atoms in total. The van der Waals surface area contributed by atoms with Gasteiger partial charge >= 0.3 is 5.97 Å². The zero-order valence-electron chi connectivity index (χ0n) is 16.2. The third kappa shape index (κ3) is 4.33. The summed E-state index contributed by atoms with van der Waals surface area (Å²) in [4.78, 5) is 38.3. The molecule has 0 radical (unpaired) electrons. The smallest absolute Gasteiger partial charge is 0.352 e. The molecular formula is C19H18N4O5S3. The van der Waals surface area contributed by atoms with Crippen LogP contribution in [-0.2, 0) is 14.4 Å². The maximum Gasteiger partial charge on any atom is 0.352 e. The Morgan fingerprint density at radius 3 is 2.71 bits per heavy atom. The van der Waals surface area contributed by atoms with Crippen molar-refractivity contribution in [1.82, 2.24) is 20.4 Å². The molecule has 0 unspecified atom stereocenters. The summed E-state index contributed by atoms with van der Waals surface area (Å²) in [5, 5.41) is 30.8. The van der Waals surface area contributed by atoms with Gasteiger partial charge in [0.25, 0.3) is 11.8 Å². The topological polar surface area (TPSA) is 133 Å². The van der Waals surface area contributed by atoms with Gasteiger partial charge in [0.05, 0.1) is 0 Å². The summed E-state index contributed by atoms with van der Waals surface area (Å²) in [5.41, 5.74) is 0.989. The van der Waals surface area contributed by atoms with E-state index in [4.69, 9.17) is 0 Å². The van der Waals surface area contributed by atoms with Crippen molar-refractivity contribution in [2.45, 2.75) is 28.8 Å². The molecular weight excluding hydrogens is 460 g/mol. The van der Waals surface area contributed by atoms with E-state index in [1.54, 1.807) is 30.3 Å². The highest BCUT2D eigenvalue weighted by Crippen LogP contribution is 2.42. The van der Waals surface area contributed by atoms with Gasteiger partial charge in [0.1, 0.15) is 22.1 Å². The number of carbonyl (C=O) groups excluding carboxylic acids is 2. The average Bonchev–Trinajstić information content (AvgIpc) is 3.20. The van der Waals surface area contributed by atoms with Crippen LogP contribution in [0.15, 0.2) is 45.9 Å². The summed E-state index contributed by atoms with van der Waals surface area (Å²) in [6, 6.07) is 7.51. The number of aliphatic hydroxyl groups is 1. The number of carboxylic acids is 1. The molecule has 1 saturated heterocycles. The standard InChI is InChI=1S/C19H18N4O5S3/c1-9-21-22-19(31-9)30-8-11-7-29-17-12(16(26)23(17)13(11)18(27)28)20-15(25)14(24)10-5-3-2-4-6-10/h2-6,12,14,17,24H,7-8H2,1H3,(H,20,25)(H,27,28)/t12-,14+,17-/m0/s1. The minimum Gasteiger partial charge on any atom is -0.477 e. The number of carboxylic acid groups (broad SMARTS) is 1. The summed E-state index contributed by atoms with van der Waals surface area (Å²) in [6.45, 7) is 1.84. The van der Waals surface area contributed by atoms with Crippen molar-refractivity contribution < 1.29 is 24.6 Å². The minimum atomic E-state index is -1.41. The van der Waals surface area contributed by atoms with Gasteiger partial charge in [0, 0.05) is 11.5 Å². The van der Waals surface area contributed by atoms with Gasteiger partial charge in [-0.15, -0.1) is 22.0 Å². The van der Waals surface area contributed by atoms with Gasteiger partial charge in [0.2, 0.25) is 0 Å². The second kappa shape index (κ2) is 8.99. The van der Waals surface area contributed by atoms with Gasteiger partial charge in [-0.25, -0.2) is 4.79 Å². The third-order valence-corrected chi connectivity index (χ3v) is 8.19. The van der Waals surface area contributed by atoms with E-state index in [2.05, 4.69) is 15.5 Å². The second-order valence-corrected chi connectivity index (χ2v) is 10.4. The van der Waals surface area contributed by atoms with Crippen molar-refractivity contribution >= 4 is 52.6 Å². The first-order valence-corrected chi connectivity index (χ1v) is 12.1. The van der Waals surface area contributed by atoms with Crippen molar-refractivity contribution in [2.75, 3.05) is 11.5 Å². The number of thioether (sulfide) groups is 2. The Bertz CT molecular complexity index is 1060. The van der Waals surface area contributed by atoms with Crippen LogP contribution in [0.4, 0.5) is 0 Å². The number of hydrogen-bond acceptors (Lipinski definition) is 9. The highest BCUT2D eigenvalue weighted by Gasteiger charge is 2.54. The van der Waals surface area contributed by atoms with Crippen LogP contribution in [0.5, 0.6) is 0 Å². The average molecular weight is 479 g/mol. The molecule has 3 atom stereocenters. The molecule has 31 heavy (non-hydrogen) atoms. The lowest BCUT2D eigenvalue weighted by Gasteiger charge is -2.49. The fraction of sp³-hybridized carbons (Fsp3) is 0.316. The molecule has 3 N–H and O–H groups in total. The predicted octanol–water partition coefficient (Wildman–Crippen LogP) is 1.41. The number of nitrogens with one attached hydrogen (secondary N) is 1. The summed E-state index contributed by atoms with van der Waals surface area (Å²) >= 11 is 4.19. The Labute approximate surface area is 189 Å². The number of rotatable bonds is 7. The van der Waals surface area contributed by atoms with Crippen LogP contribution in [0, 0.1) is 6.92 Å². The highest BCUT2D eigenvalue weighted by molar-refractivity contribution is 8.01. The van der Waals surface area contributed by atoms with Crippen molar-refractivity contribution in [3.63, 3.8) is 0 Å². The van der Waals surface area contributed by atoms with Crippen LogP contribution in [0.3, 0.4) is 0 Å². The molecule has 162 valence electrons. The van der Waals surface area contributed by atoms with Crippen LogP contribution in [0.25, 0.3) is 0 Å². The molecule has 1 fully saturated rings. The Hall–Kier alpha value is -2.41. The van der Waals surface area contributed by atoms with E-state index in [9.17, 15) is 24.6 Å². The third-order valence-electron chi connectivity index (χ3n) is 4.79. The first-order valence-electron chi connectivity index (χ1n) is 9.23. The summed E-state index contributed by atoms with van der Waals surface area (Å²) in [5.74, 6) is -1.59. The minimum absolute atomic E-state index is 0.0448. The number of β-lactam (4-membered cyclic amide) rings is 1. The lowest BCUT2D eigenvalue weighted by atomic mass is 10.0. The number of amides is 2. The normalized spacial score (nSPS) is 21.4. The van der Waals surface area contributed by atoms with Gasteiger partial charge in [-0.1, -0.05) is 53.4 Å². The number of fused-ring (bicyclic) bond motifs is 1. The van der Waals surface area contributed by atoms with E-state index < -0.39 is 35.3 Å². The molecule has 1 aromatic heterocycles. The molecule has 0 bridgehead atoms. The molecule has 2 aromatic rings. The van der Waals surface area contributed by atoms with Crippen LogP contribution in [0.2, 0.25) is 0 Å². The zero-order chi connectivity index (χ0) is 22.1. The Morgan fingerprint density at radius 2 is 2.06 bits per heavy atom. The van der Waals surface area contributed by atoms with E-state index in [1.165, 1.54) is 39.8 Å². The van der Waals surface area contributed by atoms with Crippen molar-refractivity contribution in [3.8, 4) is 0 Å². The van der Waals surface area contributed by atoms with E-state index in [0.717, 1.165) is 9.35 Å². The number of aliphatic carboxylic acids is 1. The van der Waals surface area contributed by atoms with E-state index in [0.29, 0.717) is 22.6 Å². The quantitative estimate of drug-likeness (QED) is 0.399. The molecule has 2 amide bonds. The maximum atomic E-state index is 12.7. The van der Waals surface area contributed by atoms with Crippen LogP contribution < -0.4 is 5.32 Å². The molecule has 1 aromatic carbocycles. The van der Waals surface area contributed by atoms with Crippen molar-refractivity contribution in [3.05, 3.63) is 52.2 Å². The van der Waals surface area contributed by atoms with E-state index in [-0.39, 0.29) is 5.70 Å². The van der Waals surface area contributed by atoms with E-state index in [1.807, 2.05) is 6.92 Å². The molecule has 12 heteroatoms. The molecule has 2 aliphatic rings. The maximum absolute atomic E-state index is 12.7. The number of benzene rings is 1. The largest absolute Gasteiger partial charge is 0.477 e. The summed E-state index contributed by atoms with van der Waals surface area (Å²) in [6.07, 6.45) is -1.41. The van der Waals surface area contributed by atoms with Gasteiger partial charge in [-0.3, -0.25) is 14.5 Å². The molecule has 0 saturated carbocycles. The van der Waals surface area contributed by atoms with Crippen molar-refractivity contribution in [2.24, 2.45) is 0 Å². The SMILES string of the molecule is Cc1nnc(SCC2=C(C(=O)O)N3C(=O)[C@H](NC(=O)[C@H](O)c4ccccc4)[C@@H]3SC2)s1. The number of aromatic nitrogens is 2. The monoisotopic (exact) mass is 478 g/mol. The van der Waals surface area contributed by atoms with E-state index >= 15 is 0 Å². The molecule has 0 spiro atoms. The number of aryl methyl sites for hydroxylation is 1.